The van der Waals surface area contributed by atoms with Gasteiger partial charge in [0, 0.05) is 12.8 Å². The highest BCUT2D eigenvalue weighted by atomic mass is 16.4. The van der Waals surface area contributed by atoms with E-state index in [1.54, 1.807) is 0 Å². The highest BCUT2D eigenvalue weighted by molar-refractivity contribution is 6.15. The van der Waals surface area contributed by atoms with Gasteiger partial charge in [0.25, 0.3) is 0 Å². The van der Waals surface area contributed by atoms with Gasteiger partial charge in [-0.05, 0) is 25.0 Å². The molecular weight excluding hydrogens is 236 g/mol. The summed E-state index contributed by atoms with van der Waals surface area (Å²) in [5, 5.41) is 8.73. The number of nitrogens with zero attached hydrogens (tertiary/aromatic N) is 2. The van der Waals surface area contributed by atoms with Gasteiger partial charge in [-0.2, -0.15) is 0 Å². The Balaban J connectivity index is 2.30. The molecule has 1 saturated heterocycles. The van der Waals surface area contributed by atoms with Gasteiger partial charge in [-0.25, -0.2) is 14.7 Å². The van der Waals surface area contributed by atoms with Crippen LogP contribution in [0.4, 0.5) is 5.69 Å². The van der Waals surface area contributed by atoms with E-state index in [1.165, 1.54) is 18.3 Å². The van der Waals surface area contributed by atoms with Crippen molar-refractivity contribution in [2.24, 2.45) is 0 Å². The second kappa shape index (κ2) is 4.95. The molecule has 1 N–H and O–H groups in total. The van der Waals surface area contributed by atoms with Gasteiger partial charge in [0.2, 0.25) is 11.8 Å². The summed E-state index contributed by atoms with van der Waals surface area (Å²) in [5.74, 6) is -1.67. The summed E-state index contributed by atoms with van der Waals surface area (Å²) >= 11 is 0. The largest absolute Gasteiger partial charge is 0.477 e. The molecule has 1 aromatic rings. The van der Waals surface area contributed by atoms with Crippen molar-refractivity contribution in [3.05, 3.63) is 24.0 Å². The van der Waals surface area contributed by atoms with E-state index in [1.807, 2.05) is 0 Å². The lowest BCUT2D eigenvalue weighted by atomic mass is 10.2. The number of hydrogen-bond acceptors (Lipinski definition) is 4. The molecule has 18 heavy (non-hydrogen) atoms. The van der Waals surface area contributed by atoms with E-state index in [2.05, 4.69) is 4.98 Å². The Hall–Kier alpha value is -2.24. The first-order valence-electron chi connectivity index (χ1n) is 5.65. The molecule has 0 atom stereocenters. The molecule has 1 aromatic heterocycles. The zero-order valence-corrected chi connectivity index (χ0v) is 9.63. The van der Waals surface area contributed by atoms with Crippen LogP contribution in [0.1, 0.15) is 36.2 Å². The number of imide groups is 1. The van der Waals surface area contributed by atoms with Crippen molar-refractivity contribution in [2.75, 3.05) is 4.90 Å². The van der Waals surface area contributed by atoms with Crippen LogP contribution in [0.5, 0.6) is 0 Å². The summed E-state index contributed by atoms with van der Waals surface area (Å²) in [4.78, 5) is 39.1. The van der Waals surface area contributed by atoms with Gasteiger partial charge in [0.05, 0.1) is 11.9 Å². The zero-order valence-electron chi connectivity index (χ0n) is 9.63. The molecule has 0 radical (unpaired) electrons. The molecule has 6 heteroatoms. The van der Waals surface area contributed by atoms with Crippen molar-refractivity contribution >= 4 is 23.5 Å². The highest BCUT2D eigenvalue weighted by Gasteiger charge is 2.25. The van der Waals surface area contributed by atoms with E-state index in [4.69, 9.17) is 5.11 Å². The maximum atomic E-state index is 11.8. The Kier molecular flexibility index (Phi) is 3.36. The monoisotopic (exact) mass is 248 g/mol. The number of anilines is 1. The molecule has 2 amide bonds. The topological polar surface area (TPSA) is 87.6 Å². The zero-order chi connectivity index (χ0) is 13.1. The summed E-state index contributed by atoms with van der Waals surface area (Å²) in [6.45, 7) is 0. The van der Waals surface area contributed by atoms with E-state index in [0.717, 1.165) is 4.90 Å². The number of aromatic nitrogens is 1. The first-order valence-corrected chi connectivity index (χ1v) is 5.65. The first-order chi connectivity index (χ1) is 8.59. The Morgan fingerprint density at radius 1 is 1.17 bits per heavy atom. The summed E-state index contributed by atoms with van der Waals surface area (Å²) in [5.41, 5.74) is 0.213. The molecular formula is C12H12N2O4. The number of aromatic carboxylic acids is 1. The summed E-state index contributed by atoms with van der Waals surface area (Å²) in [6.07, 6.45) is 3.28. The maximum absolute atomic E-state index is 11.8. The molecule has 0 aromatic carbocycles. The van der Waals surface area contributed by atoms with Crippen LogP contribution in [0.25, 0.3) is 0 Å². The highest BCUT2D eigenvalue weighted by Crippen LogP contribution is 2.20. The average Bonchev–Trinajstić information content (AvgIpc) is 2.51. The van der Waals surface area contributed by atoms with Crippen molar-refractivity contribution in [1.82, 2.24) is 4.98 Å². The van der Waals surface area contributed by atoms with Crippen LogP contribution in [0.2, 0.25) is 0 Å². The van der Waals surface area contributed by atoms with Crippen LogP contribution in [-0.4, -0.2) is 27.9 Å². The molecule has 0 bridgehead atoms. The Morgan fingerprint density at radius 3 is 2.22 bits per heavy atom. The Bertz CT molecular complexity index is 477. The molecule has 0 saturated carbocycles. The minimum absolute atomic E-state index is 0.117. The fourth-order valence-corrected chi connectivity index (χ4v) is 1.85. The minimum Gasteiger partial charge on any atom is -0.477 e. The Morgan fingerprint density at radius 2 is 1.78 bits per heavy atom. The van der Waals surface area contributed by atoms with E-state index in [-0.39, 0.29) is 17.5 Å². The van der Waals surface area contributed by atoms with Crippen LogP contribution in [0, 0.1) is 0 Å². The van der Waals surface area contributed by atoms with Crippen LogP contribution in [0.3, 0.4) is 0 Å². The normalized spacial score (nSPS) is 16.6. The van der Waals surface area contributed by atoms with E-state index in [0.29, 0.717) is 31.4 Å². The van der Waals surface area contributed by atoms with Crippen molar-refractivity contribution < 1.29 is 19.5 Å². The number of rotatable bonds is 2. The average molecular weight is 248 g/mol. The molecule has 2 rings (SSSR count). The second-order valence-corrected chi connectivity index (χ2v) is 4.04. The number of carbonyl (C=O) groups is 3. The molecule has 94 valence electrons. The number of hydrogen-bond donors (Lipinski definition) is 1. The van der Waals surface area contributed by atoms with Gasteiger partial charge in [-0.1, -0.05) is 0 Å². The van der Waals surface area contributed by atoms with Gasteiger partial charge in [-0.3, -0.25) is 9.59 Å². The van der Waals surface area contributed by atoms with E-state index < -0.39 is 5.97 Å². The van der Waals surface area contributed by atoms with Crippen molar-refractivity contribution in [3.63, 3.8) is 0 Å². The van der Waals surface area contributed by atoms with Crippen molar-refractivity contribution in [3.8, 4) is 0 Å². The number of carboxylic acid groups (broad SMARTS) is 1. The predicted molar refractivity (Wildman–Crippen MR) is 62.2 cm³/mol. The Labute approximate surface area is 103 Å². The maximum Gasteiger partial charge on any atom is 0.354 e. The van der Waals surface area contributed by atoms with E-state index in [9.17, 15) is 14.4 Å². The quantitative estimate of drug-likeness (QED) is 0.795. The third-order valence-electron chi connectivity index (χ3n) is 2.76. The molecule has 0 unspecified atom stereocenters. The fourth-order valence-electron chi connectivity index (χ4n) is 1.85. The summed E-state index contributed by atoms with van der Waals surface area (Å²) in [6, 6.07) is 2.71. The molecule has 6 nitrogen and oxygen atoms in total. The minimum atomic E-state index is -1.14. The number of pyridine rings is 1. The summed E-state index contributed by atoms with van der Waals surface area (Å²) < 4.78 is 0. The third-order valence-corrected chi connectivity index (χ3v) is 2.76. The van der Waals surface area contributed by atoms with Gasteiger partial charge >= 0.3 is 5.97 Å². The third kappa shape index (κ3) is 2.37. The lowest BCUT2D eigenvalue weighted by molar-refractivity contribution is -0.125. The van der Waals surface area contributed by atoms with Crippen molar-refractivity contribution in [2.45, 2.75) is 25.7 Å². The molecule has 0 spiro atoms. The van der Waals surface area contributed by atoms with E-state index >= 15 is 0 Å². The number of carbonyl (C=O) groups excluding carboxylic acids is 2. The molecule has 1 aliphatic rings. The summed E-state index contributed by atoms with van der Waals surface area (Å²) in [7, 11) is 0. The molecule has 2 heterocycles. The van der Waals surface area contributed by atoms with Crippen LogP contribution in [-0.2, 0) is 9.59 Å². The molecule has 1 aliphatic heterocycles. The SMILES string of the molecule is O=C(O)c1ccc(N2C(=O)CCCCC2=O)cn1. The number of carboxylic acids is 1. The second-order valence-electron chi connectivity index (χ2n) is 4.04. The van der Waals surface area contributed by atoms with Crippen LogP contribution < -0.4 is 4.90 Å². The molecule has 1 fully saturated rings. The van der Waals surface area contributed by atoms with Gasteiger partial charge in [0.15, 0.2) is 0 Å². The lowest BCUT2D eigenvalue weighted by Gasteiger charge is -2.18. The van der Waals surface area contributed by atoms with Crippen LogP contribution in [0.15, 0.2) is 18.3 Å². The van der Waals surface area contributed by atoms with Gasteiger partial charge < -0.3 is 5.11 Å². The molecule has 0 aliphatic carbocycles. The fraction of sp³-hybridized carbons (Fsp3) is 0.333. The van der Waals surface area contributed by atoms with Crippen molar-refractivity contribution in [1.29, 1.82) is 0 Å². The smallest absolute Gasteiger partial charge is 0.354 e. The van der Waals surface area contributed by atoms with Crippen LogP contribution >= 0.6 is 0 Å². The standard InChI is InChI=1S/C12H12N2O4/c15-10-3-1-2-4-11(16)14(10)8-5-6-9(12(17)18)13-7-8/h5-7H,1-4H2,(H,17,18). The first kappa shape index (κ1) is 12.2. The predicted octanol–water partition coefficient (Wildman–Crippen LogP) is 1.21. The van der Waals surface area contributed by atoms with Gasteiger partial charge in [0.1, 0.15) is 5.69 Å². The number of amides is 2. The van der Waals surface area contributed by atoms with Gasteiger partial charge in [-0.15, -0.1) is 0 Å². The lowest BCUT2D eigenvalue weighted by Crippen LogP contribution is -2.35.